The molecule has 1 aromatic carbocycles. The Hall–Kier alpha value is -1.52. The first-order valence-corrected chi connectivity index (χ1v) is 9.06. The third-order valence-corrected chi connectivity index (χ3v) is 5.73. The van der Waals surface area contributed by atoms with E-state index in [1.165, 1.54) is 25.7 Å². The number of ether oxygens (including phenoxy) is 1. The van der Waals surface area contributed by atoms with Crippen LogP contribution in [0.2, 0.25) is 0 Å². The van der Waals surface area contributed by atoms with Crippen molar-refractivity contribution in [2.75, 3.05) is 0 Å². The van der Waals surface area contributed by atoms with Gasteiger partial charge in [0.2, 0.25) is 0 Å². The van der Waals surface area contributed by atoms with Gasteiger partial charge in [0.15, 0.2) is 11.6 Å². The van der Waals surface area contributed by atoms with Crippen LogP contribution in [-0.4, -0.2) is 6.36 Å². The number of allylic oxidation sites excluding steroid dienone is 2. The normalized spacial score (nSPS) is 27.3. The summed E-state index contributed by atoms with van der Waals surface area (Å²) in [6.45, 7) is 2.05. The minimum absolute atomic E-state index is 0.403. The SMILES string of the molecule is C/C=C/C1CCC(C2CCc3c(ccc(OC(F)(F)F)c3F)C2)CC1. The average molecular weight is 356 g/mol. The second-order valence-electron chi connectivity index (χ2n) is 7.27. The predicted octanol–water partition coefficient (Wildman–Crippen LogP) is 6.21. The second-order valence-corrected chi connectivity index (χ2v) is 7.27. The molecule has 0 aromatic heterocycles. The van der Waals surface area contributed by atoms with E-state index in [1.807, 2.05) is 0 Å². The molecule has 0 saturated heterocycles. The summed E-state index contributed by atoms with van der Waals surface area (Å²) >= 11 is 0. The smallest absolute Gasteiger partial charge is 0.403 e. The number of fused-ring (bicyclic) bond motifs is 1. The third kappa shape index (κ3) is 4.36. The summed E-state index contributed by atoms with van der Waals surface area (Å²) in [7, 11) is 0. The van der Waals surface area contributed by atoms with Gasteiger partial charge in [-0.2, -0.15) is 0 Å². The van der Waals surface area contributed by atoms with Crippen molar-refractivity contribution in [1.82, 2.24) is 0 Å². The van der Waals surface area contributed by atoms with Gasteiger partial charge in [-0.3, -0.25) is 0 Å². The van der Waals surface area contributed by atoms with Crippen molar-refractivity contribution < 1.29 is 22.3 Å². The van der Waals surface area contributed by atoms with Crippen LogP contribution in [0.25, 0.3) is 0 Å². The minimum atomic E-state index is -4.86. The van der Waals surface area contributed by atoms with Crippen LogP contribution in [-0.2, 0) is 12.8 Å². The molecule has 1 atom stereocenters. The van der Waals surface area contributed by atoms with Crippen LogP contribution < -0.4 is 4.74 Å². The van der Waals surface area contributed by atoms with Gasteiger partial charge >= 0.3 is 6.36 Å². The molecule has 0 amide bonds. The van der Waals surface area contributed by atoms with Crippen LogP contribution in [0, 0.1) is 23.6 Å². The first kappa shape index (κ1) is 18.3. The summed E-state index contributed by atoms with van der Waals surface area (Å²) in [6, 6.07) is 2.73. The Kier molecular flexibility index (Phi) is 5.40. The summed E-state index contributed by atoms with van der Waals surface area (Å²) < 4.78 is 55.2. The fourth-order valence-corrected chi connectivity index (χ4v) is 4.50. The van der Waals surface area contributed by atoms with Crippen molar-refractivity contribution in [3.63, 3.8) is 0 Å². The van der Waals surface area contributed by atoms with Gasteiger partial charge < -0.3 is 4.74 Å². The van der Waals surface area contributed by atoms with E-state index in [4.69, 9.17) is 0 Å². The van der Waals surface area contributed by atoms with E-state index < -0.39 is 17.9 Å². The predicted molar refractivity (Wildman–Crippen MR) is 88.9 cm³/mol. The van der Waals surface area contributed by atoms with Crippen molar-refractivity contribution in [1.29, 1.82) is 0 Å². The van der Waals surface area contributed by atoms with Crippen molar-refractivity contribution >= 4 is 0 Å². The minimum Gasteiger partial charge on any atom is -0.403 e. The first-order valence-electron chi connectivity index (χ1n) is 9.06. The van der Waals surface area contributed by atoms with Gasteiger partial charge in [-0.15, -0.1) is 13.2 Å². The third-order valence-electron chi connectivity index (χ3n) is 5.73. The van der Waals surface area contributed by atoms with Crippen molar-refractivity contribution in [3.8, 4) is 5.75 Å². The zero-order valence-corrected chi connectivity index (χ0v) is 14.4. The van der Waals surface area contributed by atoms with E-state index in [0.717, 1.165) is 24.5 Å². The largest absolute Gasteiger partial charge is 0.573 e. The van der Waals surface area contributed by atoms with E-state index in [0.29, 0.717) is 29.7 Å². The van der Waals surface area contributed by atoms with Gasteiger partial charge in [0, 0.05) is 0 Å². The molecule has 138 valence electrons. The number of hydrogen-bond donors (Lipinski definition) is 0. The molecule has 5 heteroatoms. The Bertz CT molecular complexity index is 627. The first-order chi connectivity index (χ1) is 11.9. The molecular formula is C20H24F4O. The highest BCUT2D eigenvalue weighted by atomic mass is 19.4. The molecule has 0 bridgehead atoms. The van der Waals surface area contributed by atoms with Gasteiger partial charge in [-0.25, -0.2) is 4.39 Å². The average Bonchev–Trinajstić information content (AvgIpc) is 2.57. The molecule has 0 N–H and O–H groups in total. The monoisotopic (exact) mass is 356 g/mol. The Morgan fingerprint density at radius 2 is 1.76 bits per heavy atom. The lowest BCUT2D eigenvalue weighted by atomic mass is 9.69. The van der Waals surface area contributed by atoms with E-state index in [1.54, 1.807) is 6.07 Å². The molecule has 1 unspecified atom stereocenters. The highest BCUT2D eigenvalue weighted by Gasteiger charge is 2.35. The Morgan fingerprint density at radius 1 is 1.04 bits per heavy atom. The molecule has 0 heterocycles. The topological polar surface area (TPSA) is 9.23 Å². The lowest BCUT2D eigenvalue weighted by molar-refractivity contribution is -0.275. The molecule has 1 saturated carbocycles. The number of halogens is 4. The van der Waals surface area contributed by atoms with Gasteiger partial charge in [-0.1, -0.05) is 18.2 Å². The molecule has 25 heavy (non-hydrogen) atoms. The number of rotatable bonds is 3. The number of alkyl halides is 3. The lowest BCUT2D eigenvalue weighted by Crippen LogP contribution is -2.27. The highest BCUT2D eigenvalue weighted by Crippen LogP contribution is 2.41. The van der Waals surface area contributed by atoms with Crippen LogP contribution >= 0.6 is 0 Å². The summed E-state index contributed by atoms with van der Waals surface area (Å²) in [4.78, 5) is 0. The highest BCUT2D eigenvalue weighted by molar-refractivity contribution is 5.39. The van der Waals surface area contributed by atoms with Gasteiger partial charge in [0.05, 0.1) is 0 Å². The second kappa shape index (κ2) is 7.38. The maximum Gasteiger partial charge on any atom is 0.573 e. The van der Waals surface area contributed by atoms with Crippen molar-refractivity contribution in [2.24, 2.45) is 17.8 Å². The van der Waals surface area contributed by atoms with E-state index in [-0.39, 0.29) is 0 Å². The molecule has 0 aliphatic heterocycles. The lowest BCUT2D eigenvalue weighted by Gasteiger charge is -2.36. The van der Waals surface area contributed by atoms with E-state index >= 15 is 0 Å². The number of benzene rings is 1. The van der Waals surface area contributed by atoms with Crippen molar-refractivity contribution in [3.05, 3.63) is 41.2 Å². The maximum absolute atomic E-state index is 14.4. The quantitative estimate of drug-likeness (QED) is 0.462. The maximum atomic E-state index is 14.4. The van der Waals surface area contributed by atoms with Crippen LogP contribution in [0.1, 0.15) is 50.2 Å². The van der Waals surface area contributed by atoms with Crippen LogP contribution in [0.5, 0.6) is 5.75 Å². The molecule has 0 spiro atoms. The molecule has 2 aliphatic carbocycles. The molecule has 1 nitrogen and oxygen atoms in total. The summed E-state index contributed by atoms with van der Waals surface area (Å²) in [5.74, 6) is 0.273. The van der Waals surface area contributed by atoms with Gasteiger partial charge in [-0.05, 0) is 86.8 Å². The molecule has 0 radical (unpaired) electrons. The Labute approximate surface area is 146 Å². The van der Waals surface area contributed by atoms with E-state index in [2.05, 4.69) is 23.8 Å². The van der Waals surface area contributed by atoms with Crippen LogP contribution in [0.3, 0.4) is 0 Å². The standard InChI is InChI=1S/C20H24F4O/c1-2-3-13-4-6-14(7-5-13)15-8-10-17-16(12-15)9-11-18(19(17)21)25-20(22,23)24/h2-3,9,11,13-15H,4-8,10,12H2,1H3/b3-2+. The summed E-state index contributed by atoms with van der Waals surface area (Å²) in [5.41, 5.74) is 1.25. The fraction of sp³-hybridized carbons (Fsp3) is 0.600. The zero-order chi connectivity index (χ0) is 18.0. The van der Waals surface area contributed by atoms with Gasteiger partial charge in [0.25, 0.3) is 0 Å². The van der Waals surface area contributed by atoms with Crippen LogP contribution in [0.4, 0.5) is 17.6 Å². The summed E-state index contributed by atoms with van der Waals surface area (Å²) in [6.07, 6.45) is 6.41. The molecule has 3 rings (SSSR count). The molecule has 1 aromatic rings. The number of hydrogen-bond acceptors (Lipinski definition) is 1. The van der Waals surface area contributed by atoms with Crippen molar-refractivity contribution in [2.45, 2.75) is 58.2 Å². The van der Waals surface area contributed by atoms with Crippen LogP contribution in [0.15, 0.2) is 24.3 Å². The fourth-order valence-electron chi connectivity index (χ4n) is 4.50. The zero-order valence-electron chi connectivity index (χ0n) is 14.4. The molecular weight excluding hydrogens is 332 g/mol. The Balaban J connectivity index is 1.67. The molecule has 2 aliphatic rings. The van der Waals surface area contributed by atoms with E-state index in [9.17, 15) is 17.6 Å². The Morgan fingerprint density at radius 3 is 2.40 bits per heavy atom. The van der Waals surface area contributed by atoms with Gasteiger partial charge in [0.1, 0.15) is 0 Å². The summed E-state index contributed by atoms with van der Waals surface area (Å²) in [5, 5.41) is 0. The molecule has 1 fully saturated rings.